The summed E-state index contributed by atoms with van der Waals surface area (Å²) in [5.41, 5.74) is 3.27. The zero-order valence-electron chi connectivity index (χ0n) is 13.1. The molecule has 0 heterocycles. The predicted octanol–water partition coefficient (Wildman–Crippen LogP) is 4.66. The minimum atomic E-state index is -0.212. The topological polar surface area (TPSA) is 26.3 Å². The molecule has 0 aromatic carbocycles. The Hall–Kier alpha value is -1.05. The lowest BCUT2D eigenvalue weighted by Gasteiger charge is -2.38. The molecule has 0 aromatic rings. The van der Waals surface area contributed by atoms with Gasteiger partial charge in [-0.3, -0.25) is 4.79 Å². The minimum Gasteiger partial charge on any atom is -0.462 e. The highest BCUT2D eigenvalue weighted by molar-refractivity contribution is 5.66. The molecular formula is C17H28O2. The minimum absolute atomic E-state index is 0.212. The van der Waals surface area contributed by atoms with E-state index < -0.39 is 0 Å². The molecule has 1 atom stereocenters. The molecule has 0 spiro atoms. The molecule has 0 aliphatic heterocycles. The van der Waals surface area contributed by atoms with Crippen LogP contribution in [0.3, 0.4) is 0 Å². The van der Waals surface area contributed by atoms with Crippen LogP contribution in [-0.2, 0) is 9.53 Å². The maximum atomic E-state index is 10.7. The van der Waals surface area contributed by atoms with Gasteiger partial charge in [-0.1, -0.05) is 31.1 Å². The Kier molecular flexibility index (Phi) is 5.84. The molecule has 0 radical (unpaired) electrons. The highest BCUT2D eigenvalue weighted by atomic mass is 16.5. The molecule has 0 saturated carbocycles. The van der Waals surface area contributed by atoms with Gasteiger partial charge in [-0.2, -0.15) is 0 Å². The molecule has 1 aliphatic carbocycles. The fourth-order valence-corrected chi connectivity index (χ4v) is 3.00. The third-order valence-electron chi connectivity index (χ3n) is 4.29. The van der Waals surface area contributed by atoms with Gasteiger partial charge in [-0.05, 0) is 56.9 Å². The van der Waals surface area contributed by atoms with Crippen LogP contribution in [-0.4, -0.2) is 12.6 Å². The van der Waals surface area contributed by atoms with Crippen molar-refractivity contribution in [3.8, 4) is 0 Å². The maximum absolute atomic E-state index is 10.7. The monoisotopic (exact) mass is 264 g/mol. The van der Waals surface area contributed by atoms with Crippen LogP contribution in [0.25, 0.3) is 0 Å². The Morgan fingerprint density at radius 1 is 1.47 bits per heavy atom. The van der Waals surface area contributed by atoms with Crippen LogP contribution in [0.15, 0.2) is 23.3 Å². The lowest BCUT2D eigenvalue weighted by atomic mass is 9.67. The van der Waals surface area contributed by atoms with Gasteiger partial charge in [0.2, 0.25) is 0 Å². The fourth-order valence-electron chi connectivity index (χ4n) is 3.00. The molecule has 1 unspecified atom stereocenters. The summed E-state index contributed by atoms with van der Waals surface area (Å²) in [7, 11) is 0. The van der Waals surface area contributed by atoms with E-state index >= 15 is 0 Å². The summed E-state index contributed by atoms with van der Waals surface area (Å²) in [6.07, 6.45) is 9.20. The lowest BCUT2D eigenvalue weighted by Crippen LogP contribution is -2.27. The van der Waals surface area contributed by atoms with Crippen molar-refractivity contribution in [2.24, 2.45) is 11.3 Å². The maximum Gasteiger partial charge on any atom is 0.302 e. The average Bonchev–Trinajstić information content (AvgIpc) is 2.26. The van der Waals surface area contributed by atoms with Crippen molar-refractivity contribution in [1.29, 1.82) is 0 Å². The van der Waals surface area contributed by atoms with Crippen molar-refractivity contribution in [2.75, 3.05) is 6.61 Å². The first-order chi connectivity index (χ1) is 8.83. The van der Waals surface area contributed by atoms with E-state index in [1.54, 1.807) is 5.57 Å². The number of carbonyl (C=O) groups excluding carboxylic acids is 1. The second-order valence-corrected chi connectivity index (χ2v) is 6.42. The number of esters is 1. The average molecular weight is 264 g/mol. The second kappa shape index (κ2) is 6.93. The quantitative estimate of drug-likeness (QED) is 0.533. The molecule has 0 N–H and O–H groups in total. The van der Waals surface area contributed by atoms with Crippen LogP contribution >= 0.6 is 0 Å². The van der Waals surface area contributed by atoms with Crippen LogP contribution in [0.2, 0.25) is 0 Å². The van der Waals surface area contributed by atoms with Gasteiger partial charge < -0.3 is 4.74 Å². The zero-order chi connectivity index (χ0) is 14.5. The Bertz CT molecular complexity index is 375. The van der Waals surface area contributed by atoms with Gasteiger partial charge in [0.15, 0.2) is 0 Å². The number of rotatable bonds is 5. The highest BCUT2D eigenvalue weighted by Crippen LogP contribution is 2.43. The number of hydrogen-bond donors (Lipinski definition) is 0. The Morgan fingerprint density at radius 3 is 2.74 bits per heavy atom. The molecule has 1 rings (SSSR count). The van der Waals surface area contributed by atoms with Gasteiger partial charge in [0.25, 0.3) is 0 Å². The fraction of sp³-hybridized carbons (Fsp3) is 0.706. The smallest absolute Gasteiger partial charge is 0.302 e. The molecule has 1 aliphatic rings. The molecule has 108 valence electrons. The summed E-state index contributed by atoms with van der Waals surface area (Å²) < 4.78 is 4.94. The largest absolute Gasteiger partial charge is 0.462 e. The van der Waals surface area contributed by atoms with E-state index in [0.717, 1.165) is 6.42 Å². The van der Waals surface area contributed by atoms with Crippen molar-refractivity contribution in [3.63, 3.8) is 0 Å². The zero-order valence-corrected chi connectivity index (χ0v) is 13.1. The van der Waals surface area contributed by atoms with Crippen LogP contribution in [0.5, 0.6) is 0 Å². The predicted molar refractivity (Wildman–Crippen MR) is 79.9 cm³/mol. The SMILES string of the molecule is CC(=O)OC/C=C(\C)CCC1C(C)=CCCC1(C)C. The lowest BCUT2D eigenvalue weighted by molar-refractivity contribution is -0.139. The molecule has 0 aromatic heterocycles. The summed E-state index contributed by atoms with van der Waals surface area (Å²) in [5.74, 6) is 0.467. The number of hydrogen-bond acceptors (Lipinski definition) is 2. The van der Waals surface area contributed by atoms with Crippen molar-refractivity contribution in [2.45, 2.75) is 60.3 Å². The van der Waals surface area contributed by atoms with Gasteiger partial charge in [-0.25, -0.2) is 0 Å². The molecule has 0 amide bonds. The van der Waals surface area contributed by atoms with Crippen LogP contribution in [0, 0.1) is 11.3 Å². The molecule has 2 heteroatoms. The standard InChI is InChI=1S/C17H28O2/c1-13(10-12-19-15(3)18)8-9-16-14(2)7-6-11-17(16,4)5/h7,10,16H,6,8-9,11-12H2,1-5H3/b13-10+. The van der Waals surface area contributed by atoms with Gasteiger partial charge in [0.05, 0.1) is 0 Å². The van der Waals surface area contributed by atoms with Crippen LogP contribution < -0.4 is 0 Å². The van der Waals surface area contributed by atoms with Gasteiger partial charge in [0, 0.05) is 6.92 Å². The molecular weight excluding hydrogens is 236 g/mol. The molecule has 19 heavy (non-hydrogen) atoms. The first-order valence-corrected chi connectivity index (χ1v) is 7.28. The van der Waals surface area contributed by atoms with E-state index in [0.29, 0.717) is 17.9 Å². The molecule has 0 saturated heterocycles. The van der Waals surface area contributed by atoms with E-state index in [-0.39, 0.29) is 5.97 Å². The van der Waals surface area contributed by atoms with Crippen molar-refractivity contribution in [1.82, 2.24) is 0 Å². The van der Waals surface area contributed by atoms with Crippen molar-refractivity contribution >= 4 is 5.97 Å². The second-order valence-electron chi connectivity index (χ2n) is 6.42. The highest BCUT2D eigenvalue weighted by Gasteiger charge is 2.32. The summed E-state index contributed by atoms with van der Waals surface area (Å²) in [6, 6.07) is 0. The third-order valence-corrected chi connectivity index (χ3v) is 4.29. The number of carbonyl (C=O) groups is 1. The normalized spacial score (nSPS) is 22.9. The van der Waals surface area contributed by atoms with E-state index in [4.69, 9.17) is 4.74 Å². The first kappa shape index (κ1) is 16.0. The van der Waals surface area contributed by atoms with Crippen molar-refractivity contribution in [3.05, 3.63) is 23.3 Å². The van der Waals surface area contributed by atoms with Crippen LogP contribution in [0.1, 0.15) is 60.3 Å². The summed E-state index contributed by atoms with van der Waals surface area (Å²) in [5, 5.41) is 0. The van der Waals surface area contributed by atoms with Crippen molar-refractivity contribution < 1.29 is 9.53 Å². The van der Waals surface area contributed by atoms with E-state index in [9.17, 15) is 4.79 Å². The first-order valence-electron chi connectivity index (χ1n) is 7.28. The van der Waals surface area contributed by atoms with E-state index in [1.807, 2.05) is 6.08 Å². The Morgan fingerprint density at radius 2 is 2.16 bits per heavy atom. The summed E-state index contributed by atoms with van der Waals surface area (Å²) in [4.78, 5) is 10.7. The number of allylic oxidation sites excluding steroid dienone is 3. The Balaban J connectivity index is 2.48. The van der Waals surface area contributed by atoms with Crippen LogP contribution in [0.4, 0.5) is 0 Å². The summed E-state index contributed by atoms with van der Waals surface area (Å²) in [6.45, 7) is 11.0. The molecule has 0 fully saturated rings. The van der Waals surface area contributed by atoms with Gasteiger partial charge in [-0.15, -0.1) is 0 Å². The van der Waals surface area contributed by atoms with E-state index in [1.165, 1.54) is 31.8 Å². The summed E-state index contributed by atoms with van der Waals surface area (Å²) >= 11 is 0. The van der Waals surface area contributed by atoms with Gasteiger partial charge >= 0.3 is 5.97 Å². The number of ether oxygens (including phenoxy) is 1. The van der Waals surface area contributed by atoms with Gasteiger partial charge in [0.1, 0.15) is 6.61 Å². The molecule has 2 nitrogen and oxygen atoms in total. The van der Waals surface area contributed by atoms with E-state index in [2.05, 4.69) is 33.8 Å². The third kappa shape index (κ3) is 5.22. The Labute approximate surface area is 117 Å². The molecule has 0 bridgehead atoms.